The number of halogens is 2. The first-order chi connectivity index (χ1) is 10.0. The van der Waals surface area contributed by atoms with Crippen LogP contribution in [0.1, 0.15) is 30.2 Å². The van der Waals surface area contributed by atoms with E-state index in [0.29, 0.717) is 17.2 Å². The van der Waals surface area contributed by atoms with Crippen LogP contribution in [0.3, 0.4) is 0 Å². The second kappa shape index (κ2) is 5.82. The van der Waals surface area contributed by atoms with Crippen molar-refractivity contribution in [2.75, 3.05) is 0 Å². The van der Waals surface area contributed by atoms with Crippen LogP contribution >= 0.6 is 39.3 Å². The molecule has 1 atom stereocenters. The Bertz CT molecular complexity index is 754. The highest BCUT2D eigenvalue weighted by atomic mass is 79.9. The van der Waals surface area contributed by atoms with E-state index >= 15 is 0 Å². The molecule has 2 heterocycles. The maximum absolute atomic E-state index is 12.7. The van der Waals surface area contributed by atoms with E-state index in [2.05, 4.69) is 29.8 Å². The fourth-order valence-electron chi connectivity index (χ4n) is 2.55. The molecule has 5 heteroatoms. The van der Waals surface area contributed by atoms with E-state index in [0.717, 1.165) is 20.5 Å². The molecule has 21 heavy (non-hydrogen) atoms. The van der Waals surface area contributed by atoms with Gasteiger partial charge in [0.15, 0.2) is 5.43 Å². The van der Waals surface area contributed by atoms with Gasteiger partial charge in [-0.1, -0.05) is 26.0 Å². The maximum atomic E-state index is 12.7. The van der Waals surface area contributed by atoms with Crippen LogP contribution in [-0.4, -0.2) is 0 Å². The molecule has 0 radical (unpaired) electrons. The second-order valence-corrected chi connectivity index (χ2v) is 7.64. The third kappa shape index (κ3) is 2.47. The number of fused-ring (bicyclic) bond motifs is 3. The largest absolute Gasteiger partial charge is 0.463 e. The Balaban J connectivity index is 2.34. The van der Waals surface area contributed by atoms with Gasteiger partial charge in [0, 0.05) is 25.7 Å². The first kappa shape index (κ1) is 15.2. The number of alkyl halides is 1. The Labute approximate surface area is 141 Å². The molecule has 2 nitrogen and oxygen atoms in total. The molecule has 0 saturated carbocycles. The minimum absolute atomic E-state index is 0.0167. The summed E-state index contributed by atoms with van der Waals surface area (Å²) in [7, 11) is 0. The van der Waals surface area contributed by atoms with Gasteiger partial charge in [0.25, 0.3) is 0 Å². The molecule has 0 spiro atoms. The Morgan fingerprint density at radius 3 is 2.86 bits per heavy atom. The van der Waals surface area contributed by atoms with Crippen LogP contribution in [-0.2, 0) is 5.88 Å². The van der Waals surface area contributed by atoms with E-state index in [1.54, 1.807) is 11.8 Å². The van der Waals surface area contributed by atoms with Gasteiger partial charge >= 0.3 is 0 Å². The monoisotopic (exact) mass is 384 g/mol. The number of benzene rings is 1. The van der Waals surface area contributed by atoms with Crippen LogP contribution in [0.4, 0.5) is 0 Å². The Hall–Kier alpha value is -0.710. The van der Waals surface area contributed by atoms with Gasteiger partial charge in [-0.05, 0) is 27.9 Å². The third-order valence-corrected chi connectivity index (χ3v) is 6.51. The van der Waals surface area contributed by atoms with Gasteiger partial charge in [0.1, 0.15) is 5.76 Å². The lowest BCUT2D eigenvalue weighted by molar-refractivity contribution is 0.531. The minimum atomic E-state index is 0.0167. The zero-order valence-electron chi connectivity index (χ0n) is 11.7. The topological polar surface area (TPSA) is 30.2 Å². The van der Waals surface area contributed by atoms with E-state index in [1.807, 2.05) is 18.2 Å². The van der Waals surface area contributed by atoms with Crippen molar-refractivity contribution in [2.45, 2.75) is 29.9 Å². The van der Waals surface area contributed by atoms with Crippen molar-refractivity contribution in [1.82, 2.24) is 0 Å². The number of thioether (sulfide) groups is 1. The molecule has 0 aliphatic carbocycles. The van der Waals surface area contributed by atoms with Crippen molar-refractivity contribution in [3.05, 3.63) is 50.3 Å². The lowest BCUT2D eigenvalue weighted by Gasteiger charge is -2.28. The molecule has 1 aliphatic rings. The summed E-state index contributed by atoms with van der Waals surface area (Å²) in [6.45, 7) is 4.24. The molecule has 0 N–H and O–H groups in total. The Morgan fingerprint density at radius 1 is 1.43 bits per heavy atom. The van der Waals surface area contributed by atoms with Crippen molar-refractivity contribution < 1.29 is 4.42 Å². The molecule has 2 aromatic rings. The molecule has 0 amide bonds. The van der Waals surface area contributed by atoms with Gasteiger partial charge in [-0.3, -0.25) is 4.79 Å². The fourth-order valence-corrected chi connectivity index (χ4v) is 4.70. The molecular formula is C16H14BrClO2S. The summed E-state index contributed by atoms with van der Waals surface area (Å²) in [4.78, 5) is 13.8. The minimum Gasteiger partial charge on any atom is -0.463 e. The van der Waals surface area contributed by atoms with Gasteiger partial charge < -0.3 is 4.42 Å². The van der Waals surface area contributed by atoms with Crippen LogP contribution < -0.4 is 5.43 Å². The van der Waals surface area contributed by atoms with E-state index in [9.17, 15) is 4.79 Å². The molecule has 3 rings (SSSR count). The normalized spacial score (nSPS) is 16.7. The molecule has 1 unspecified atom stereocenters. The molecule has 0 fully saturated rings. The van der Waals surface area contributed by atoms with Gasteiger partial charge in [-0.25, -0.2) is 0 Å². The Kier molecular flexibility index (Phi) is 4.21. The van der Waals surface area contributed by atoms with E-state index < -0.39 is 0 Å². The highest BCUT2D eigenvalue weighted by Crippen LogP contribution is 2.52. The van der Waals surface area contributed by atoms with Gasteiger partial charge in [-0.2, -0.15) is 0 Å². The van der Waals surface area contributed by atoms with Crippen LogP contribution in [0.2, 0.25) is 0 Å². The lowest BCUT2D eigenvalue weighted by atomic mass is 9.96. The van der Waals surface area contributed by atoms with Gasteiger partial charge in [-0.15, -0.1) is 23.4 Å². The molecule has 110 valence electrons. The van der Waals surface area contributed by atoms with Crippen molar-refractivity contribution >= 4 is 39.3 Å². The first-order valence-corrected chi connectivity index (χ1v) is 8.91. The zero-order chi connectivity index (χ0) is 15.1. The van der Waals surface area contributed by atoms with Crippen LogP contribution in [0, 0.1) is 5.92 Å². The third-order valence-electron chi connectivity index (χ3n) is 3.59. The number of rotatable bonds is 2. The highest BCUT2D eigenvalue weighted by Gasteiger charge is 2.33. The molecule has 0 bridgehead atoms. The van der Waals surface area contributed by atoms with Gasteiger partial charge in [0.2, 0.25) is 0 Å². The van der Waals surface area contributed by atoms with Crippen molar-refractivity contribution in [1.29, 1.82) is 0 Å². The average Bonchev–Trinajstić information content (AvgIpc) is 2.47. The van der Waals surface area contributed by atoms with Crippen molar-refractivity contribution in [2.24, 2.45) is 5.92 Å². The molecule has 1 aliphatic heterocycles. The van der Waals surface area contributed by atoms with Crippen molar-refractivity contribution in [3.63, 3.8) is 0 Å². The summed E-state index contributed by atoms with van der Waals surface area (Å²) in [5.41, 5.74) is 2.27. The van der Waals surface area contributed by atoms with Crippen LogP contribution in [0.5, 0.6) is 0 Å². The number of hydrogen-bond acceptors (Lipinski definition) is 3. The smallest absolute Gasteiger partial charge is 0.194 e. The molecule has 0 saturated heterocycles. The first-order valence-electron chi connectivity index (χ1n) is 6.70. The fraction of sp³-hybridized carbons (Fsp3) is 0.312. The predicted molar refractivity (Wildman–Crippen MR) is 91.1 cm³/mol. The quantitative estimate of drug-likeness (QED) is 0.629. The average molecular weight is 386 g/mol. The van der Waals surface area contributed by atoms with E-state index in [1.165, 1.54) is 6.26 Å². The summed E-state index contributed by atoms with van der Waals surface area (Å²) in [5, 5.41) is 0.0746. The number of hydrogen-bond donors (Lipinski definition) is 0. The van der Waals surface area contributed by atoms with E-state index in [-0.39, 0.29) is 16.6 Å². The SMILES string of the molecule is CC(C)C1Sc2c(Br)cccc2-c2occ(CCl)c(=O)c21. The second-order valence-electron chi connectivity index (χ2n) is 5.37. The van der Waals surface area contributed by atoms with Crippen molar-refractivity contribution in [3.8, 4) is 11.3 Å². The summed E-state index contributed by atoms with van der Waals surface area (Å²) < 4.78 is 6.83. The lowest BCUT2D eigenvalue weighted by Crippen LogP contribution is -2.22. The Morgan fingerprint density at radius 2 is 2.19 bits per heavy atom. The summed E-state index contributed by atoms with van der Waals surface area (Å²) in [6.07, 6.45) is 1.49. The summed E-state index contributed by atoms with van der Waals surface area (Å²) in [5.74, 6) is 1.18. The highest BCUT2D eigenvalue weighted by molar-refractivity contribution is 9.10. The summed E-state index contributed by atoms with van der Waals surface area (Å²) >= 11 is 11.2. The van der Waals surface area contributed by atoms with Crippen LogP contribution in [0.15, 0.2) is 43.0 Å². The molecule has 1 aromatic heterocycles. The summed E-state index contributed by atoms with van der Waals surface area (Å²) in [6, 6.07) is 5.96. The van der Waals surface area contributed by atoms with Crippen LogP contribution in [0.25, 0.3) is 11.3 Å². The maximum Gasteiger partial charge on any atom is 0.194 e. The standard InChI is InChI=1S/C16H14BrClO2S/c1-8(2)15-12-13(19)9(6-18)7-20-14(12)10-4-3-5-11(17)16(10)21-15/h3-5,7-8,15H,6H2,1-2H3. The molecular weight excluding hydrogens is 372 g/mol. The zero-order valence-corrected chi connectivity index (χ0v) is 14.8. The molecule has 1 aromatic carbocycles. The van der Waals surface area contributed by atoms with E-state index in [4.69, 9.17) is 16.0 Å². The van der Waals surface area contributed by atoms with Gasteiger partial charge in [0.05, 0.1) is 17.7 Å². The predicted octanol–water partition coefficient (Wildman–Crippen LogP) is 5.61.